The Bertz CT molecular complexity index is 1240. The van der Waals surface area contributed by atoms with Crippen molar-refractivity contribution in [1.29, 1.82) is 0 Å². The first-order chi connectivity index (χ1) is 15.6. The van der Waals surface area contributed by atoms with Gasteiger partial charge in [0.25, 0.3) is 5.91 Å². The Kier molecular flexibility index (Phi) is 7.03. The highest BCUT2D eigenvalue weighted by atomic mass is 32.2. The fourth-order valence-electron chi connectivity index (χ4n) is 3.01. The van der Waals surface area contributed by atoms with Crippen LogP contribution in [0.1, 0.15) is 0 Å². The van der Waals surface area contributed by atoms with Crippen LogP contribution in [0.25, 0.3) is 22.0 Å². The third-order valence-electron chi connectivity index (χ3n) is 4.60. The fourth-order valence-corrected chi connectivity index (χ4v) is 4.96. The van der Waals surface area contributed by atoms with Crippen molar-refractivity contribution in [3.05, 3.63) is 72.8 Å². The van der Waals surface area contributed by atoms with Crippen LogP contribution in [-0.4, -0.2) is 36.2 Å². The van der Waals surface area contributed by atoms with E-state index in [0.717, 1.165) is 16.3 Å². The van der Waals surface area contributed by atoms with E-state index >= 15 is 0 Å². The van der Waals surface area contributed by atoms with Crippen molar-refractivity contribution >= 4 is 50.7 Å². The lowest BCUT2D eigenvalue weighted by molar-refractivity contribution is -0.118. The Morgan fingerprint density at radius 1 is 0.969 bits per heavy atom. The SMILES string of the molecule is CNC(=O)CSc1nc(-c2ccccc2)c(NC(=O)COc2ccc3ccccc3c2)s1. The number of carbonyl (C=O) groups is 2. The summed E-state index contributed by atoms with van der Waals surface area (Å²) in [6.45, 7) is -0.120. The molecule has 1 heterocycles. The number of nitrogens with zero attached hydrogens (tertiary/aromatic N) is 1. The molecule has 0 aliphatic carbocycles. The summed E-state index contributed by atoms with van der Waals surface area (Å²) >= 11 is 2.68. The molecule has 0 saturated carbocycles. The summed E-state index contributed by atoms with van der Waals surface area (Å²) in [5.41, 5.74) is 1.57. The van der Waals surface area contributed by atoms with Crippen LogP contribution < -0.4 is 15.4 Å². The lowest BCUT2D eigenvalue weighted by Crippen LogP contribution is -2.20. The molecule has 2 N–H and O–H groups in total. The summed E-state index contributed by atoms with van der Waals surface area (Å²) < 4.78 is 6.41. The highest BCUT2D eigenvalue weighted by molar-refractivity contribution is 8.01. The van der Waals surface area contributed by atoms with Crippen molar-refractivity contribution in [2.75, 3.05) is 24.7 Å². The molecule has 0 radical (unpaired) electrons. The quantitative estimate of drug-likeness (QED) is 0.366. The van der Waals surface area contributed by atoms with Gasteiger partial charge in [-0.15, -0.1) is 0 Å². The molecule has 0 aliphatic rings. The molecule has 8 heteroatoms. The second-order valence-corrected chi connectivity index (χ2v) is 9.05. The van der Waals surface area contributed by atoms with Crippen LogP contribution in [0.4, 0.5) is 5.00 Å². The lowest BCUT2D eigenvalue weighted by atomic mass is 10.1. The molecule has 32 heavy (non-hydrogen) atoms. The molecule has 3 aromatic carbocycles. The first-order valence-electron chi connectivity index (χ1n) is 9.93. The number of fused-ring (bicyclic) bond motifs is 1. The van der Waals surface area contributed by atoms with E-state index in [0.29, 0.717) is 20.8 Å². The largest absolute Gasteiger partial charge is 0.484 e. The van der Waals surface area contributed by atoms with E-state index in [1.165, 1.54) is 23.1 Å². The van der Waals surface area contributed by atoms with Gasteiger partial charge in [0.1, 0.15) is 16.4 Å². The average Bonchev–Trinajstić information content (AvgIpc) is 3.24. The number of rotatable bonds is 8. The topological polar surface area (TPSA) is 80.3 Å². The number of nitrogens with one attached hydrogen (secondary N) is 2. The summed E-state index contributed by atoms with van der Waals surface area (Å²) in [6, 6.07) is 23.3. The second kappa shape index (κ2) is 10.3. The van der Waals surface area contributed by atoms with E-state index in [4.69, 9.17) is 4.74 Å². The number of hydrogen-bond donors (Lipinski definition) is 2. The second-order valence-electron chi connectivity index (χ2n) is 6.83. The Hall–Kier alpha value is -3.36. The van der Waals surface area contributed by atoms with Gasteiger partial charge in [-0.1, -0.05) is 83.8 Å². The first kappa shape index (κ1) is 21.9. The summed E-state index contributed by atoms with van der Waals surface area (Å²) in [4.78, 5) is 28.8. The zero-order chi connectivity index (χ0) is 22.3. The van der Waals surface area contributed by atoms with Crippen LogP contribution in [0, 0.1) is 0 Å². The zero-order valence-electron chi connectivity index (χ0n) is 17.3. The van der Waals surface area contributed by atoms with E-state index < -0.39 is 0 Å². The van der Waals surface area contributed by atoms with Gasteiger partial charge in [-0.25, -0.2) is 4.98 Å². The molecule has 0 fully saturated rings. The monoisotopic (exact) mass is 463 g/mol. The van der Waals surface area contributed by atoms with Gasteiger partial charge in [0.05, 0.1) is 5.75 Å². The van der Waals surface area contributed by atoms with Crippen LogP contribution in [0.3, 0.4) is 0 Å². The van der Waals surface area contributed by atoms with E-state index in [-0.39, 0.29) is 24.2 Å². The number of ether oxygens (including phenoxy) is 1. The van der Waals surface area contributed by atoms with Gasteiger partial charge in [0.15, 0.2) is 10.9 Å². The van der Waals surface area contributed by atoms with Crippen LogP contribution >= 0.6 is 23.1 Å². The minimum atomic E-state index is -0.276. The summed E-state index contributed by atoms with van der Waals surface area (Å²) in [6.07, 6.45) is 0. The molecule has 0 atom stereocenters. The van der Waals surface area contributed by atoms with Crippen molar-refractivity contribution in [2.45, 2.75) is 4.34 Å². The molecule has 4 rings (SSSR count). The van der Waals surface area contributed by atoms with Gasteiger partial charge in [0.2, 0.25) is 5.91 Å². The number of aromatic nitrogens is 1. The molecule has 4 aromatic rings. The number of hydrogen-bond acceptors (Lipinski definition) is 6. The Morgan fingerprint density at radius 3 is 2.50 bits per heavy atom. The fraction of sp³-hybridized carbons (Fsp3) is 0.125. The molecule has 162 valence electrons. The number of amides is 2. The third kappa shape index (κ3) is 5.46. The predicted octanol–water partition coefficient (Wildman–Crippen LogP) is 4.82. The van der Waals surface area contributed by atoms with Crippen molar-refractivity contribution in [2.24, 2.45) is 0 Å². The van der Waals surface area contributed by atoms with E-state index in [2.05, 4.69) is 15.6 Å². The first-order valence-corrected chi connectivity index (χ1v) is 11.7. The maximum absolute atomic E-state index is 12.6. The summed E-state index contributed by atoms with van der Waals surface area (Å²) in [5, 5.41) is 8.31. The van der Waals surface area contributed by atoms with Gasteiger partial charge >= 0.3 is 0 Å². The maximum atomic E-state index is 12.6. The number of thiazole rings is 1. The molecule has 0 unspecified atom stereocenters. The molecule has 0 bridgehead atoms. The highest BCUT2D eigenvalue weighted by Gasteiger charge is 2.17. The number of benzene rings is 3. The van der Waals surface area contributed by atoms with Crippen molar-refractivity contribution in [3.63, 3.8) is 0 Å². The highest BCUT2D eigenvalue weighted by Crippen LogP contribution is 2.37. The van der Waals surface area contributed by atoms with Crippen LogP contribution in [0.15, 0.2) is 77.1 Å². The van der Waals surface area contributed by atoms with Crippen LogP contribution in [0.5, 0.6) is 5.75 Å². The minimum absolute atomic E-state index is 0.0826. The van der Waals surface area contributed by atoms with Gasteiger partial charge < -0.3 is 15.4 Å². The number of thioether (sulfide) groups is 1. The Morgan fingerprint density at radius 2 is 1.72 bits per heavy atom. The number of anilines is 1. The number of carbonyl (C=O) groups excluding carboxylic acids is 2. The lowest BCUT2D eigenvalue weighted by Gasteiger charge is -2.08. The molecule has 0 spiro atoms. The average molecular weight is 464 g/mol. The summed E-state index contributed by atoms with van der Waals surface area (Å²) in [7, 11) is 1.60. The molecule has 2 amide bonds. The Balaban J connectivity index is 1.46. The zero-order valence-corrected chi connectivity index (χ0v) is 19.0. The Labute approximate surface area is 194 Å². The van der Waals surface area contributed by atoms with E-state index in [1.54, 1.807) is 7.05 Å². The molecule has 0 aliphatic heterocycles. The van der Waals surface area contributed by atoms with Crippen LogP contribution in [-0.2, 0) is 9.59 Å². The molecule has 0 saturated heterocycles. The standard InChI is InChI=1S/C24H21N3O3S2/c1-25-21(29)15-31-24-27-22(17-8-3-2-4-9-17)23(32-24)26-20(28)14-30-19-12-11-16-7-5-6-10-18(16)13-19/h2-13H,14-15H2,1H3,(H,25,29)(H,26,28). The van der Waals surface area contributed by atoms with E-state index in [9.17, 15) is 9.59 Å². The van der Waals surface area contributed by atoms with Crippen molar-refractivity contribution < 1.29 is 14.3 Å². The third-order valence-corrected chi connectivity index (χ3v) is 6.72. The van der Waals surface area contributed by atoms with E-state index in [1.807, 2.05) is 72.8 Å². The molecule has 6 nitrogen and oxygen atoms in total. The molecular formula is C24H21N3O3S2. The molecular weight excluding hydrogens is 442 g/mol. The van der Waals surface area contributed by atoms with Crippen LogP contribution in [0.2, 0.25) is 0 Å². The van der Waals surface area contributed by atoms with Gasteiger partial charge in [0, 0.05) is 12.6 Å². The van der Waals surface area contributed by atoms with Gasteiger partial charge in [-0.2, -0.15) is 0 Å². The van der Waals surface area contributed by atoms with Gasteiger partial charge in [-0.3, -0.25) is 9.59 Å². The normalized spacial score (nSPS) is 10.7. The maximum Gasteiger partial charge on any atom is 0.262 e. The smallest absolute Gasteiger partial charge is 0.262 e. The molecule has 1 aromatic heterocycles. The van der Waals surface area contributed by atoms with Gasteiger partial charge in [-0.05, 0) is 22.9 Å². The van der Waals surface area contributed by atoms with Crippen molar-refractivity contribution in [1.82, 2.24) is 10.3 Å². The van der Waals surface area contributed by atoms with Crippen molar-refractivity contribution in [3.8, 4) is 17.0 Å². The summed E-state index contributed by atoms with van der Waals surface area (Å²) in [5.74, 6) is 0.535. The predicted molar refractivity (Wildman–Crippen MR) is 130 cm³/mol. The minimum Gasteiger partial charge on any atom is -0.484 e.